The van der Waals surface area contributed by atoms with Crippen molar-refractivity contribution in [3.8, 4) is 0 Å². The fourth-order valence-corrected chi connectivity index (χ4v) is 4.62. The number of hydrogen-bond donors (Lipinski definition) is 1. The van der Waals surface area contributed by atoms with Crippen molar-refractivity contribution in [3.63, 3.8) is 0 Å². The summed E-state index contributed by atoms with van der Waals surface area (Å²) >= 11 is 12.3. The molecular formula is C24H31Cl2N3O4S. The molecule has 0 aliphatic rings. The van der Waals surface area contributed by atoms with Crippen LogP contribution in [0.2, 0.25) is 10.0 Å². The zero-order chi connectivity index (χ0) is 25.6. The van der Waals surface area contributed by atoms with Crippen molar-refractivity contribution in [3.05, 3.63) is 63.1 Å². The Morgan fingerprint density at radius 2 is 1.74 bits per heavy atom. The lowest BCUT2D eigenvalue weighted by molar-refractivity contribution is -0.139. The van der Waals surface area contributed by atoms with Gasteiger partial charge < -0.3 is 10.2 Å². The van der Waals surface area contributed by atoms with E-state index < -0.39 is 28.5 Å². The molecule has 0 unspecified atom stereocenters. The normalized spacial score (nSPS) is 12.2. The highest BCUT2D eigenvalue weighted by Gasteiger charge is 2.30. The van der Waals surface area contributed by atoms with Gasteiger partial charge in [0.1, 0.15) is 12.6 Å². The summed E-state index contributed by atoms with van der Waals surface area (Å²) in [6.45, 7) is 7.34. The van der Waals surface area contributed by atoms with Crippen LogP contribution in [0.15, 0.2) is 36.4 Å². The molecule has 2 aromatic rings. The van der Waals surface area contributed by atoms with Gasteiger partial charge in [0.05, 0.1) is 11.9 Å². The number of halogens is 2. The van der Waals surface area contributed by atoms with Crippen LogP contribution in [0.25, 0.3) is 0 Å². The number of rotatable bonds is 10. The molecule has 186 valence electrons. The first-order valence-electron chi connectivity index (χ1n) is 10.9. The first kappa shape index (κ1) is 28.0. The summed E-state index contributed by atoms with van der Waals surface area (Å²) in [7, 11) is -3.78. The minimum absolute atomic E-state index is 0.0140. The molecule has 2 amide bonds. The number of anilines is 1. The van der Waals surface area contributed by atoms with Crippen LogP contribution in [0.4, 0.5) is 5.69 Å². The van der Waals surface area contributed by atoms with E-state index in [1.807, 2.05) is 20.8 Å². The SMILES string of the molecule is CCCNC(=O)[C@@H](C)N(Cc1ccc(Cl)cc1Cl)C(=O)CN(c1ccc(C)c(C)c1)S(C)(=O)=O. The molecule has 0 aromatic heterocycles. The number of sulfonamides is 1. The van der Waals surface area contributed by atoms with Gasteiger partial charge in [0.2, 0.25) is 21.8 Å². The summed E-state index contributed by atoms with van der Waals surface area (Å²) in [6.07, 6.45) is 1.79. The summed E-state index contributed by atoms with van der Waals surface area (Å²) in [5.41, 5.74) is 2.87. The molecule has 0 spiro atoms. The van der Waals surface area contributed by atoms with Crippen LogP contribution in [-0.2, 0) is 26.2 Å². The van der Waals surface area contributed by atoms with Gasteiger partial charge in [-0.3, -0.25) is 13.9 Å². The zero-order valence-corrected chi connectivity index (χ0v) is 22.4. The molecule has 0 aliphatic heterocycles. The number of nitrogens with one attached hydrogen (secondary N) is 1. The van der Waals surface area contributed by atoms with Gasteiger partial charge in [-0.05, 0) is 68.1 Å². The van der Waals surface area contributed by atoms with E-state index in [9.17, 15) is 18.0 Å². The summed E-state index contributed by atoms with van der Waals surface area (Å²) in [6, 6.07) is 9.22. The third-order valence-electron chi connectivity index (χ3n) is 5.53. The van der Waals surface area contributed by atoms with Crippen molar-refractivity contribution in [2.75, 3.05) is 23.7 Å². The number of benzene rings is 2. The zero-order valence-electron chi connectivity index (χ0n) is 20.1. The standard InChI is InChI=1S/C24H31Cl2N3O4S/c1-6-11-27-24(31)18(4)28(14-19-8-9-20(25)13-22(19)26)23(30)15-29(34(5,32)33)21-10-7-16(2)17(3)12-21/h7-10,12-13,18H,6,11,14-15H2,1-5H3,(H,27,31)/t18-/m1/s1. The minimum Gasteiger partial charge on any atom is -0.354 e. The molecule has 0 bridgehead atoms. The largest absolute Gasteiger partial charge is 0.354 e. The second kappa shape index (κ2) is 11.9. The Labute approximate surface area is 212 Å². The van der Waals surface area contributed by atoms with Crippen LogP contribution in [0.1, 0.15) is 37.0 Å². The first-order valence-corrected chi connectivity index (χ1v) is 13.5. The number of carbonyl (C=O) groups is 2. The number of carbonyl (C=O) groups excluding carboxylic acids is 2. The third kappa shape index (κ3) is 7.35. The van der Waals surface area contributed by atoms with Crippen molar-refractivity contribution in [2.45, 2.75) is 46.7 Å². The van der Waals surface area contributed by atoms with Crippen LogP contribution < -0.4 is 9.62 Å². The number of hydrogen-bond acceptors (Lipinski definition) is 4. The lowest BCUT2D eigenvalue weighted by Gasteiger charge is -2.31. The predicted molar refractivity (Wildman–Crippen MR) is 138 cm³/mol. The van der Waals surface area contributed by atoms with E-state index >= 15 is 0 Å². The second-order valence-electron chi connectivity index (χ2n) is 8.26. The van der Waals surface area contributed by atoms with Gasteiger partial charge in [-0.1, -0.05) is 42.3 Å². The molecule has 34 heavy (non-hydrogen) atoms. The summed E-state index contributed by atoms with van der Waals surface area (Å²) in [5.74, 6) is -0.869. The molecule has 1 N–H and O–H groups in total. The van der Waals surface area contributed by atoms with E-state index in [1.54, 1.807) is 43.3 Å². The van der Waals surface area contributed by atoms with E-state index in [1.165, 1.54) is 4.90 Å². The van der Waals surface area contributed by atoms with Crippen LogP contribution >= 0.6 is 23.2 Å². The summed E-state index contributed by atoms with van der Waals surface area (Å²) in [4.78, 5) is 27.6. The van der Waals surface area contributed by atoms with Gasteiger partial charge in [-0.25, -0.2) is 8.42 Å². The molecule has 0 fully saturated rings. The molecule has 2 rings (SSSR count). The van der Waals surface area contributed by atoms with Gasteiger partial charge in [0.25, 0.3) is 0 Å². The van der Waals surface area contributed by atoms with Crippen molar-refractivity contribution in [1.82, 2.24) is 10.2 Å². The number of nitrogens with zero attached hydrogens (tertiary/aromatic N) is 2. The minimum atomic E-state index is -3.78. The molecule has 2 aromatic carbocycles. The van der Waals surface area contributed by atoms with Crippen molar-refractivity contribution in [2.24, 2.45) is 0 Å². The molecule has 0 saturated heterocycles. The van der Waals surface area contributed by atoms with Crippen LogP contribution in [0.3, 0.4) is 0 Å². The lowest BCUT2D eigenvalue weighted by atomic mass is 10.1. The van der Waals surface area contributed by atoms with Crippen LogP contribution in [0, 0.1) is 13.8 Å². The third-order valence-corrected chi connectivity index (χ3v) is 7.26. The maximum absolute atomic E-state index is 13.5. The Hall–Kier alpha value is -2.29. The van der Waals surface area contributed by atoms with Gasteiger partial charge in [0.15, 0.2) is 0 Å². The predicted octanol–water partition coefficient (Wildman–Crippen LogP) is 4.32. The number of amides is 2. The molecule has 10 heteroatoms. The molecule has 0 heterocycles. The lowest BCUT2D eigenvalue weighted by Crippen LogP contribution is -2.51. The van der Waals surface area contributed by atoms with Crippen LogP contribution in [0.5, 0.6) is 0 Å². The molecule has 0 radical (unpaired) electrons. The maximum atomic E-state index is 13.5. The topological polar surface area (TPSA) is 86.8 Å². The Morgan fingerprint density at radius 3 is 2.29 bits per heavy atom. The van der Waals surface area contributed by atoms with Crippen molar-refractivity contribution >= 4 is 50.7 Å². The maximum Gasteiger partial charge on any atom is 0.244 e. The number of aryl methyl sites for hydroxylation is 2. The highest BCUT2D eigenvalue weighted by Crippen LogP contribution is 2.25. The van der Waals surface area contributed by atoms with Gasteiger partial charge >= 0.3 is 0 Å². The van der Waals surface area contributed by atoms with Crippen molar-refractivity contribution < 1.29 is 18.0 Å². The molecule has 7 nitrogen and oxygen atoms in total. The highest BCUT2D eigenvalue weighted by atomic mass is 35.5. The Bertz CT molecular complexity index is 1150. The molecule has 1 atom stereocenters. The smallest absolute Gasteiger partial charge is 0.244 e. The average molecular weight is 529 g/mol. The van der Waals surface area contributed by atoms with Crippen molar-refractivity contribution in [1.29, 1.82) is 0 Å². The molecule has 0 saturated carbocycles. The van der Waals surface area contributed by atoms with E-state index in [0.29, 0.717) is 27.8 Å². The second-order valence-corrected chi connectivity index (χ2v) is 11.0. The average Bonchev–Trinajstić information content (AvgIpc) is 2.75. The Morgan fingerprint density at radius 1 is 1.06 bits per heavy atom. The van der Waals surface area contributed by atoms with E-state index in [2.05, 4.69) is 5.32 Å². The van der Waals surface area contributed by atoms with E-state index in [0.717, 1.165) is 28.1 Å². The molecule has 0 aliphatic carbocycles. The Kier molecular flexibility index (Phi) is 9.79. The summed E-state index contributed by atoms with van der Waals surface area (Å²) < 4.78 is 26.3. The monoisotopic (exact) mass is 527 g/mol. The summed E-state index contributed by atoms with van der Waals surface area (Å²) in [5, 5.41) is 3.58. The van der Waals surface area contributed by atoms with Gasteiger partial charge in [-0.15, -0.1) is 0 Å². The highest BCUT2D eigenvalue weighted by molar-refractivity contribution is 7.92. The van der Waals surface area contributed by atoms with Crippen LogP contribution in [-0.4, -0.2) is 50.5 Å². The van der Waals surface area contributed by atoms with E-state index in [4.69, 9.17) is 23.2 Å². The molecular weight excluding hydrogens is 497 g/mol. The fourth-order valence-electron chi connectivity index (χ4n) is 3.31. The van der Waals surface area contributed by atoms with E-state index in [-0.39, 0.29) is 12.5 Å². The van der Waals surface area contributed by atoms with Gasteiger partial charge in [0, 0.05) is 23.1 Å². The Balaban J connectivity index is 2.42. The quantitative estimate of drug-likeness (QED) is 0.498. The first-order chi connectivity index (χ1) is 15.8. The fraction of sp³-hybridized carbons (Fsp3) is 0.417. The van der Waals surface area contributed by atoms with Gasteiger partial charge in [-0.2, -0.15) is 0 Å².